The molecule has 2 rings (SSSR count). The Morgan fingerprint density at radius 1 is 1.23 bits per heavy atom. The van der Waals surface area contributed by atoms with Gasteiger partial charge in [-0.2, -0.15) is 0 Å². The number of piperazine rings is 1. The Hall–Kier alpha value is -1.79. The average Bonchev–Trinajstić information content (AvgIpc) is 2.83. The standard InChI is InChI=1S/C15H24N2O5/c1-14(2,3)22-13(21)17-9-8-16(10-11(18)19)12(20)15(17)6-4-5-7-15/h4-10H2,1-3H3,(H,18,19). The molecule has 1 N–H and O–H groups in total. The molecule has 2 amide bonds. The van der Waals surface area contributed by atoms with E-state index in [1.165, 1.54) is 9.80 Å². The first-order valence-electron chi connectivity index (χ1n) is 7.67. The highest BCUT2D eigenvalue weighted by Crippen LogP contribution is 2.39. The second-order valence-electron chi connectivity index (χ2n) is 6.99. The third kappa shape index (κ3) is 3.18. The Balaban J connectivity index is 2.23. The maximum absolute atomic E-state index is 12.8. The molecule has 1 aliphatic heterocycles. The van der Waals surface area contributed by atoms with Gasteiger partial charge in [-0.25, -0.2) is 4.79 Å². The minimum absolute atomic E-state index is 0.228. The molecule has 0 bridgehead atoms. The van der Waals surface area contributed by atoms with Crippen molar-refractivity contribution in [3.8, 4) is 0 Å². The van der Waals surface area contributed by atoms with Crippen LogP contribution in [0.15, 0.2) is 0 Å². The molecule has 1 aliphatic carbocycles. The minimum Gasteiger partial charge on any atom is -0.480 e. The summed E-state index contributed by atoms with van der Waals surface area (Å²) >= 11 is 0. The van der Waals surface area contributed by atoms with E-state index >= 15 is 0 Å². The molecule has 7 heteroatoms. The van der Waals surface area contributed by atoms with Gasteiger partial charge >= 0.3 is 12.1 Å². The molecule has 0 aromatic heterocycles. The normalized spacial score (nSPS) is 21.3. The Labute approximate surface area is 130 Å². The smallest absolute Gasteiger partial charge is 0.411 e. The molecule has 7 nitrogen and oxygen atoms in total. The number of ether oxygens (including phenoxy) is 1. The van der Waals surface area contributed by atoms with Gasteiger partial charge in [0, 0.05) is 13.1 Å². The summed E-state index contributed by atoms with van der Waals surface area (Å²) in [5.41, 5.74) is -1.55. The van der Waals surface area contributed by atoms with Gasteiger partial charge in [0.05, 0.1) is 0 Å². The summed E-state index contributed by atoms with van der Waals surface area (Å²) in [5.74, 6) is -1.29. The lowest BCUT2D eigenvalue weighted by Crippen LogP contribution is -2.67. The molecule has 124 valence electrons. The number of carboxylic acids is 1. The molecule has 0 aromatic rings. The van der Waals surface area contributed by atoms with Crippen LogP contribution in [-0.2, 0) is 14.3 Å². The molecule has 2 aliphatic rings. The van der Waals surface area contributed by atoms with E-state index in [-0.39, 0.29) is 19.0 Å². The number of rotatable bonds is 2. The van der Waals surface area contributed by atoms with E-state index in [2.05, 4.69) is 0 Å². The van der Waals surface area contributed by atoms with E-state index in [0.717, 1.165) is 12.8 Å². The summed E-state index contributed by atoms with van der Waals surface area (Å²) in [6, 6.07) is 0. The van der Waals surface area contributed by atoms with Gasteiger partial charge in [-0.3, -0.25) is 14.5 Å². The highest BCUT2D eigenvalue weighted by atomic mass is 16.6. The molecule has 1 spiro atoms. The molecule has 1 saturated carbocycles. The summed E-state index contributed by atoms with van der Waals surface area (Å²) in [6.07, 6.45) is 2.36. The van der Waals surface area contributed by atoms with Crippen molar-refractivity contribution in [3.63, 3.8) is 0 Å². The van der Waals surface area contributed by atoms with Gasteiger partial charge in [0.15, 0.2) is 0 Å². The Morgan fingerprint density at radius 2 is 1.82 bits per heavy atom. The zero-order valence-corrected chi connectivity index (χ0v) is 13.4. The van der Waals surface area contributed by atoms with Crippen molar-refractivity contribution >= 4 is 18.0 Å². The van der Waals surface area contributed by atoms with Crippen LogP contribution in [0.25, 0.3) is 0 Å². The number of hydrogen-bond acceptors (Lipinski definition) is 4. The van der Waals surface area contributed by atoms with E-state index in [4.69, 9.17) is 9.84 Å². The fraction of sp³-hybridized carbons (Fsp3) is 0.800. The molecular weight excluding hydrogens is 288 g/mol. The van der Waals surface area contributed by atoms with Crippen LogP contribution >= 0.6 is 0 Å². The van der Waals surface area contributed by atoms with Crippen LogP contribution in [0.4, 0.5) is 4.79 Å². The molecule has 2 fully saturated rings. The second-order valence-corrected chi connectivity index (χ2v) is 6.99. The van der Waals surface area contributed by atoms with Crippen molar-refractivity contribution in [3.05, 3.63) is 0 Å². The quantitative estimate of drug-likeness (QED) is 0.834. The molecule has 0 aromatic carbocycles. The van der Waals surface area contributed by atoms with Crippen LogP contribution in [0, 0.1) is 0 Å². The number of carbonyl (C=O) groups is 3. The zero-order valence-electron chi connectivity index (χ0n) is 13.4. The minimum atomic E-state index is -1.03. The Kier molecular flexibility index (Phi) is 4.35. The van der Waals surface area contributed by atoms with E-state index in [1.54, 1.807) is 20.8 Å². The van der Waals surface area contributed by atoms with Gasteiger partial charge in [0.2, 0.25) is 5.91 Å². The van der Waals surface area contributed by atoms with Gasteiger partial charge in [-0.05, 0) is 33.6 Å². The highest BCUT2D eigenvalue weighted by molar-refractivity contribution is 5.93. The monoisotopic (exact) mass is 312 g/mol. The first-order chi connectivity index (χ1) is 10.2. The van der Waals surface area contributed by atoms with Crippen LogP contribution in [0.2, 0.25) is 0 Å². The van der Waals surface area contributed by atoms with E-state index in [0.29, 0.717) is 19.4 Å². The predicted octanol–water partition coefficient (Wildman–Crippen LogP) is 1.46. The van der Waals surface area contributed by atoms with Gasteiger partial charge in [-0.15, -0.1) is 0 Å². The van der Waals surface area contributed by atoms with E-state index < -0.39 is 23.2 Å². The molecule has 1 saturated heterocycles. The van der Waals surface area contributed by atoms with Gasteiger partial charge < -0.3 is 14.7 Å². The van der Waals surface area contributed by atoms with Gasteiger partial charge in [0.25, 0.3) is 0 Å². The lowest BCUT2D eigenvalue weighted by Gasteiger charge is -2.47. The van der Waals surface area contributed by atoms with Crippen molar-refractivity contribution in [2.75, 3.05) is 19.6 Å². The fourth-order valence-corrected chi connectivity index (χ4v) is 3.29. The summed E-state index contributed by atoms with van der Waals surface area (Å²) in [7, 11) is 0. The largest absolute Gasteiger partial charge is 0.480 e. The predicted molar refractivity (Wildman–Crippen MR) is 78.4 cm³/mol. The second kappa shape index (κ2) is 5.78. The maximum Gasteiger partial charge on any atom is 0.411 e. The number of nitrogens with zero attached hydrogens (tertiary/aromatic N) is 2. The molecule has 22 heavy (non-hydrogen) atoms. The van der Waals surface area contributed by atoms with Gasteiger partial charge in [-0.1, -0.05) is 12.8 Å². The first-order valence-corrected chi connectivity index (χ1v) is 7.67. The van der Waals surface area contributed by atoms with E-state index in [9.17, 15) is 14.4 Å². The fourth-order valence-electron chi connectivity index (χ4n) is 3.29. The third-order valence-electron chi connectivity index (χ3n) is 4.17. The average molecular weight is 312 g/mol. The third-order valence-corrected chi connectivity index (χ3v) is 4.17. The zero-order chi connectivity index (χ0) is 16.5. The molecule has 0 atom stereocenters. The number of hydrogen-bond donors (Lipinski definition) is 1. The Bertz CT molecular complexity index is 477. The summed E-state index contributed by atoms with van der Waals surface area (Å²) in [5, 5.41) is 8.94. The molecular formula is C15H24N2O5. The number of amides is 2. The lowest BCUT2D eigenvalue weighted by molar-refractivity contribution is -0.156. The van der Waals surface area contributed by atoms with Gasteiger partial charge in [0.1, 0.15) is 17.7 Å². The summed E-state index contributed by atoms with van der Waals surface area (Å²) in [6.45, 7) is 5.58. The summed E-state index contributed by atoms with van der Waals surface area (Å²) in [4.78, 5) is 39.0. The van der Waals surface area contributed by atoms with Crippen molar-refractivity contribution in [2.24, 2.45) is 0 Å². The van der Waals surface area contributed by atoms with Crippen LogP contribution in [-0.4, -0.2) is 63.7 Å². The van der Waals surface area contributed by atoms with E-state index in [1.807, 2.05) is 0 Å². The Morgan fingerprint density at radius 3 is 2.32 bits per heavy atom. The highest BCUT2D eigenvalue weighted by Gasteiger charge is 2.53. The van der Waals surface area contributed by atoms with Crippen molar-refractivity contribution in [1.82, 2.24) is 9.80 Å². The van der Waals surface area contributed by atoms with Crippen molar-refractivity contribution < 1.29 is 24.2 Å². The van der Waals surface area contributed by atoms with Crippen molar-refractivity contribution in [1.29, 1.82) is 0 Å². The number of carbonyl (C=O) groups excluding carboxylic acids is 2. The molecule has 1 heterocycles. The van der Waals surface area contributed by atoms with Crippen molar-refractivity contribution in [2.45, 2.75) is 57.6 Å². The first kappa shape index (κ1) is 16.6. The summed E-state index contributed by atoms with van der Waals surface area (Å²) < 4.78 is 5.43. The van der Waals surface area contributed by atoms with Crippen LogP contribution in [0.5, 0.6) is 0 Å². The SMILES string of the molecule is CC(C)(C)OC(=O)N1CCN(CC(=O)O)C(=O)C12CCCC2. The maximum atomic E-state index is 12.8. The van der Waals surface area contributed by atoms with Crippen LogP contribution in [0.1, 0.15) is 46.5 Å². The lowest BCUT2D eigenvalue weighted by atomic mass is 9.91. The number of carboxylic acid groups (broad SMARTS) is 1. The van der Waals surface area contributed by atoms with Crippen LogP contribution < -0.4 is 0 Å². The molecule has 0 radical (unpaired) electrons. The number of aliphatic carboxylic acids is 1. The van der Waals surface area contributed by atoms with Crippen LogP contribution in [0.3, 0.4) is 0 Å². The molecule has 0 unspecified atom stereocenters. The topological polar surface area (TPSA) is 87.2 Å².